The molecule has 35 heavy (non-hydrogen) atoms. The maximum Gasteiger partial charge on any atom is 0.407 e. The Morgan fingerprint density at radius 3 is 1.89 bits per heavy atom. The average molecular weight is 499 g/mol. The number of ether oxygens (including phenoxy) is 3. The van der Waals surface area contributed by atoms with Crippen LogP contribution in [0.3, 0.4) is 0 Å². The van der Waals surface area contributed by atoms with Crippen molar-refractivity contribution in [3.63, 3.8) is 0 Å². The predicted molar refractivity (Wildman–Crippen MR) is 137 cm³/mol. The van der Waals surface area contributed by atoms with Gasteiger partial charge in [0, 0.05) is 25.6 Å². The van der Waals surface area contributed by atoms with Crippen LogP contribution in [-0.2, 0) is 23.8 Å². The summed E-state index contributed by atoms with van der Waals surface area (Å²) in [6, 6.07) is 0.511. The van der Waals surface area contributed by atoms with E-state index in [0.29, 0.717) is 12.5 Å². The van der Waals surface area contributed by atoms with E-state index in [1.807, 2.05) is 0 Å². The number of hydrogen-bond donors (Lipinski definition) is 1. The zero-order valence-corrected chi connectivity index (χ0v) is 22.4. The summed E-state index contributed by atoms with van der Waals surface area (Å²) in [7, 11) is 0. The van der Waals surface area contributed by atoms with E-state index in [4.69, 9.17) is 14.2 Å². The van der Waals surface area contributed by atoms with E-state index in [0.717, 1.165) is 32.4 Å². The number of unbranched alkanes of at least 4 members (excludes halogenated alkanes) is 12. The van der Waals surface area contributed by atoms with Crippen LogP contribution in [0, 0.1) is 0 Å². The molecule has 8 heteroatoms. The van der Waals surface area contributed by atoms with Gasteiger partial charge in [-0.2, -0.15) is 0 Å². The first-order valence-electron chi connectivity index (χ1n) is 13.9. The van der Waals surface area contributed by atoms with E-state index in [1.165, 1.54) is 64.2 Å². The smallest absolute Gasteiger partial charge is 0.407 e. The Hall–Kier alpha value is -1.83. The molecule has 1 saturated heterocycles. The number of amides is 1. The van der Waals surface area contributed by atoms with Gasteiger partial charge >= 0.3 is 12.1 Å². The Kier molecular flexibility index (Phi) is 18.2. The van der Waals surface area contributed by atoms with Crippen LogP contribution in [0.5, 0.6) is 0 Å². The highest BCUT2D eigenvalue weighted by molar-refractivity contribution is 5.69. The van der Waals surface area contributed by atoms with Crippen LogP contribution in [0.2, 0.25) is 0 Å². The van der Waals surface area contributed by atoms with Gasteiger partial charge in [-0.15, -0.1) is 0 Å². The molecule has 204 valence electrons. The number of rotatable bonds is 22. The Morgan fingerprint density at radius 2 is 1.37 bits per heavy atom. The van der Waals surface area contributed by atoms with E-state index in [2.05, 4.69) is 31.0 Å². The molecular formula is C27H50N2O6. The van der Waals surface area contributed by atoms with Crippen LogP contribution in [0.1, 0.15) is 111 Å². The number of carbonyl (C=O) groups is 3. The number of likely N-dealkylation sites (tertiary alicyclic amines) is 1. The van der Waals surface area contributed by atoms with E-state index < -0.39 is 12.2 Å². The van der Waals surface area contributed by atoms with Gasteiger partial charge in [-0.3, -0.25) is 14.5 Å². The van der Waals surface area contributed by atoms with Crippen LogP contribution in [0.25, 0.3) is 0 Å². The SMILES string of the molecule is CCCCCCCCCCCCCCCC(=O)OCC(COC(=O)NC1CN(C(C)C)C1)OC=O. The van der Waals surface area contributed by atoms with E-state index in [1.54, 1.807) is 0 Å². The highest BCUT2D eigenvalue weighted by atomic mass is 16.6. The fourth-order valence-electron chi connectivity index (χ4n) is 4.15. The molecule has 1 rings (SSSR count). The first-order valence-corrected chi connectivity index (χ1v) is 13.9. The third-order valence-corrected chi connectivity index (χ3v) is 6.53. The van der Waals surface area contributed by atoms with Gasteiger partial charge in [0.05, 0.1) is 6.04 Å². The molecule has 0 aliphatic carbocycles. The Labute approximate surface area is 212 Å². The molecule has 0 aromatic heterocycles. The van der Waals surface area contributed by atoms with Crippen molar-refractivity contribution >= 4 is 18.5 Å². The minimum Gasteiger partial charge on any atom is -0.462 e. The van der Waals surface area contributed by atoms with Gasteiger partial charge in [-0.1, -0.05) is 84.0 Å². The second-order valence-electron chi connectivity index (χ2n) is 10.0. The minimum atomic E-state index is -0.803. The number of nitrogens with zero attached hydrogens (tertiary/aromatic N) is 1. The number of esters is 1. The van der Waals surface area contributed by atoms with Gasteiger partial charge in [-0.25, -0.2) is 4.79 Å². The van der Waals surface area contributed by atoms with Crippen molar-refractivity contribution in [1.82, 2.24) is 10.2 Å². The van der Waals surface area contributed by atoms with Crippen LogP contribution >= 0.6 is 0 Å². The molecule has 0 aromatic rings. The average Bonchev–Trinajstić information content (AvgIpc) is 2.80. The lowest BCUT2D eigenvalue weighted by Gasteiger charge is -2.41. The second-order valence-corrected chi connectivity index (χ2v) is 10.0. The van der Waals surface area contributed by atoms with E-state index in [9.17, 15) is 14.4 Å². The maximum atomic E-state index is 12.0. The first kappa shape index (κ1) is 31.2. The highest BCUT2D eigenvalue weighted by Crippen LogP contribution is 2.14. The molecule has 1 aliphatic rings. The van der Waals surface area contributed by atoms with E-state index in [-0.39, 0.29) is 31.7 Å². The summed E-state index contributed by atoms with van der Waals surface area (Å²) in [6.45, 7) is 8.05. The van der Waals surface area contributed by atoms with Crippen molar-refractivity contribution < 1.29 is 28.6 Å². The maximum absolute atomic E-state index is 12.0. The van der Waals surface area contributed by atoms with Gasteiger partial charge in [0.25, 0.3) is 6.47 Å². The topological polar surface area (TPSA) is 94.2 Å². The van der Waals surface area contributed by atoms with Crippen molar-refractivity contribution in [2.45, 2.75) is 129 Å². The molecule has 0 spiro atoms. The predicted octanol–water partition coefficient (Wildman–Crippen LogP) is 5.37. The van der Waals surface area contributed by atoms with Crippen LogP contribution in [0.4, 0.5) is 4.79 Å². The first-order chi connectivity index (χ1) is 17.0. The summed E-state index contributed by atoms with van der Waals surface area (Å²) < 4.78 is 15.2. The number of nitrogens with one attached hydrogen (secondary N) is 1. The van der Waals surface area contributed by atoms with Gasteiger partial charge in [0.2, 0.25) is 0 Å². The number of hydrogen-bond acceptors (Lipinski definition) is 7. The zero-order chi connectivity index (χ0) is 25.7. The quantitative estimate of drug-likeness (QED) is 0.0928. The molecule has 1 amide bonds. The Balaban J connectivity index is 1.98. The summed E-state index contributed by atoms with van der Waals surface area (Å²) in [6.07, 6.45) is 15.2. The highest BCUT2D eigenvalue weighted by Gasteiger charge is 2.30. The lowest BCUT2D eigenvalue weighted by Crippen LogP contribution is -2.61. The van der Waals surface area contributed by atoms with Crippen LogP contribution in [0.15, 0.2) is 0 Å². The van der Waals surface area contributed by atoms with Gasteiger partial charge in [0.1, 0.15) is 13.2 Å². The van der Waals surface area contributed by atoms with Crippen molar-refractivity contribution in [1.29, 1.82) is 0 Å². The third-order valence-electron chi connectivity index (χ3n) is 6.53. The molecule has 8 nitrogen and oxygen atoms in total. The molecule has 1 unspecified atom stereocenters. The molecule has 1 aliphatic heterocycles. The number of carbonyl (C=O) groups excluding carboxylic acids is 3. The standard InChI is InChI=1S/C27H50N2O6/c1-4-5-6-7-8-9-10-11-12-13-14-15-16-17-26(31)33-20-25(35-22-30)21-34-27(32)28-24-18-29(19-24)23(2)3/h22-25H,4-21H2,1-3H3,(H,28,32). The summed E-state index contributed by atoms with van der Waals surface area (Å²) in [4.78, 5) is 36.9. The van der Waals surface area contributed by atoms with Crippen LogP contribution in [-0.4, -0.2) is 67.9 Å². The second kappa shape index (κ2) is 20.4. The van der Waals surface area contributed by atoms with Crippen molar-refractivity contribution in [2.75, 3.05) is 26.3 Å². The Bertz CT molecular complexity index is 566. The lowest BCUT2D eigenvalue weighted by atomic mass is 10.0. The molecule has 0 radical (unpaired) electrons. The van der Waals surface area contributed by atoms with Gasteiger partial charge < -0.3 is 19.5 Å². The number of alkyl carbamates (subject to hydrolysis) is 1. The third kappa shape index (κ3) is 16.5. The fourth-order valence-corrected chi connectivity index (χ4v) is 4.15. The Morgan fingerprint density at radius 1 is 0.857 bits per heavy atom. The zero-order valence-electron chi connectivity index (χ0n) is 22.4. The van der Waals surface area contributed by atoms with Crippen LogP contribution < -0.4 is 5.32 Å². The molecule has 0 bridgehead atoms. The summed E-state index contributed by atoms with van der Waals surface area (Å²) in [5, 5.41) is 2.78. The van der Waals surface area contributed by atoms with Gasteiger partial charge in [0.15, 0.2) is 6.10 Å². The minimum absolute atomic E-state index is 0.0634. The molecule has 0 aromatic carbocycles. The molecule has 1 fully saturated rings. The fraction of sp³-hybridized carbons (Fsp3) is 0.889. The monoisotopic (exact) mass is 498 g/mol. The summed E-state index contributed by atoms with van der Waals surface area (Å²) in [5.41, 5.74) is 0. The largest absolute Gasteiger partial charge is 0.462 e. The molecular weight excluding hydrogens is 448 g/mol. The van der Waals surface area contributed by atoms with Crippen molar-refractivity contribution in [2.24, 2.45) is 0 Å². The normalized spacial score (nSPS) is 14.9. The van der Waals surface area contributed by atoms with Crippen molar-refractivity contribution in [3.05, 3.63) is 0 Å². The lowest BCUT2D eigenvalue weighted by molar-refractivity contribution is -0.153. The van der Waals surface area contributed by atoms with Gasteiger partial charge in [-0.05, 0) is 20.3 Å². The molecule has 0 saturated carbocycles. The summed E-state index contributed by atoms with van der Waals surface area (Å²) in [5.74, 6) is -0.319. The molecule has 1 heterocycles. The summed E-state index contributed by atoms with van der Waals surface area (Å²) >= 11 is 0. The molecule has 1 atom stereocenters. The van der Waals surface area contributed by atoms with E-state index >= 15 is 0 Å². The molecule has 1 N–H and O–H groups in total. The van der Waals surface area contributed by atoms with Crippen molar-refractivity contribution in [3.8, 4) is 0 Å².